The molecule has 0 nitrogen and oxygen atoms in total. The first kappa shape index (κ1) is 9.08. The van der Waals surface area contributed by atoms with Crippen LogP contribution in [0, 0.1) is 6.92 Å². The molecule has 1 aromatic carbocycles. The van der Waals surface area contributed by atoms with Crippen LogP contribution in [0.25, 0.3) is 0 Å². The molecule has 0 saturated heterocycles. The van der Waals surface area contributed by atoms with Gasteiger partial charge in [-0.2, -0.15) is 0 Å². The van der Waals surface area contributed by atoms with E-state index >= 15 is 0 Å². The molecule has 0 aliphatic heterocycles. The average molecular weight is 233 g/mol. The quantitative estimate of drug-likeness (QED) is 0.685. The van der Waals surface area contributed by atoms with E-state index in [0.717, 1.165) is 15.1 Å². The highest BCUT2D eigenvalue weighted by atomic mass is 79.9. The summed E-state index contributed by atoms with van der Waals surface area (Å²) in [5, 5.41) is 0.763. The second kappa shape index (κ2) is 3.59. The fraction of sp³-hybridized carbons (Fsp3) is 0.222. The van der Waals surface area contributed by atoms with Gasteiger partial charge < -0.3 is 0 Å². The lowest BCUT2D eigenvalue weighted by Crippen LogP contribution is -1.88. The van der Waals surface area contributed by atoms with E-state index in [1.165, 1.54) is 0 Å². The van der Waals surface area contributed by atoms with Crippen LogP contribution in [0.15, 0.2) is 22.7 Å². The van der Waals surface area contributed by atoms with Crippen LogP contribution < -0.4 is 0 Å². The van der Waals surface area contributed by atoms with E-state index in [0.29, 0.717) is 0 Å². The van der Waals surface area contributed by atoms with Crippen molar-refractivity contribution in [2.45, 2.75) is 12.8 Å². The number of halogens is 2. The highest BCUT2D eigenvalue weighted by Gasteiger charge is 2.03. The summed E-state index contributed by atoms with van der Waals surface area (Å²) >= 11 is 9.24. The largest absolute Gasteiger partial charge is 0.0843 e. The van der Waals surface area contributed by atoms with Gasteiger partial charge in [-0.25, -0.2) is 0 Å². The number of benzene rings is 1. The van der Waals surface area contributed by atoms with E-state index in [9.17, 15) is 0 Å². The zero-order valence-electron chi connectivity index (χ0n) is 6.27. The van der Waals surface area contributed by atoms with E-state index in [-0.39, 0.29) is 5.92 Å². The van der Waals surface area contributed by atoms with Gasteiger partial charge in [0, 0.05) is 9.50 Å². The Morgan fingerprint density at radius 1 is 1.55 bits per heavy atom. The van der Waals surface area contributed by atoms with Crippen molar-refractivity contribution in [3.8, 4) is 0 Å². The van der Waals surface area contributed by atoms with Crippen LogP contribution >= 0.6 is 27.5 Å². The molecule has 0 amide bonds. The Hall–Kier alpha value is -0.0100. The fourth-order valence-corrected chi connectivity index (χ4v) is 1.71. The molecule has 11 heavy (non-hydrogen) atoms. The van der Waals surface area contributed by atoms with E-state index < -0.39 is 0 Å². The van der Waals surface area contributed by atoms with Gasteiger partial charge in [-0.05, 0) is 36.6 Å². The second-order valence-electron chi connectivity index (χ2n) is 2.57. The molecule has 0 saturated carbocycles. The van der Waals surface area contributed by atoms with Gasteiger partial charge in [0.2, 0.25) is 0 Å². The van der Waals surface area contributed by atoms with Crippen LogP contribution in [0.3, 0.4) is 0 Å². The van der Waals surface area contributed by atoms with Crippen molar-refractivity contribution in [2.24, 2.45) is 0 Å². The van der Waals surface area contributed by atoms with Crippen molar-refractivity contribution in [1.29, 1.82) is 0 Å². The third-order valence-electron chi connectivity index (χ3n) is 1.49. The van der Waals surface area contributed by atoms with Crippen LogP contribution in [0.4, 0.5) is 0 Å². The minimum atomic E-state index is 0.267. The Bertz CT molecular complexity index is 256. The Labute approximate surface area is 80.7 Å². The Balaban J connectivity index is 3.13. The molecular formula is C9H9BrCl. The van der Waals surface area contributed by atoms with E-state index in [4.69, 9.17) is 11.6 Å². The normalized spacial score (nSPS) is 10.6. The summed E-state index contributed by atoms with van der Waals surface area (Å²) in [7, 11) is 0. The van der Waals surface area contributed by atoms with Crippen molar-refractivity contribution in [2.75, 3.05) is 0 Å². The lowest BCUT2D eigenvalue weighted by Gasteiger charge is -2.07. The molecule has 0 aliphatic rings. The third kappa shape index (κ3) is 2.21. The topological polar surface area (TPSA) is 0 Å². The number of hydrogen-bond donors (Lipinski definition) is 0. The summed E-state index contributed by atoms with van der Waals surface area (Å²) < 4.78 is 1.07. The zero-order chi connectivity index (χ0) is 8.43. The Morgan fingerprint density at radius 3 is 2.64 bits per heavy atom. The van der Waals surface area contributed by atoms with Gasteiger partial charge in [0.15, 0.2) is 0 Å². The van der Waals surface area contributed by atoms with Crippen molar-refractivity contribution >= 4 is 27.5 Å². The summed E-state index contributed by atoms with van der Waals surface area (Å²) in [6.07, 6.45) is 0. The summed E-state index contributed by atoms with van der Waals surface area (Å²) in [5.41, 5.74) is 1.15. The summed E-state index contributed by atoms with van der Waals surface area (Å²) in [4.78, 5) is 0. The molecule has 0 heterocycles. The molecule has 0 fully saturated rings. The minimum Gasteiger partial charge on any atom is -0.0843 e. The molecule has 59 valence electrons. The predicted molar refractivity (Wildman–Crippen MR) is 52.9 cm³/mol. The van der Waals surface area contributed by atoms with E-state index in [1.807, 2.05) is 25.1 Å². The molecule has 1 atom stereocenters. The van der Waals surface area contributed by atoms with Gasteiger partial charge in [-0.1, -0.05) is 34.5 Å². The van der Waals surface area contributed by atoms with Crippen LogP contribution in [0.2, 0.25) is 5.02 Å². The molecule has 1 rings (SSSR count). The maximum atomic E-state index is 5.81. The summed E-state index contributed by atoms with van der Waals surface area (Å²) in [6.45, 7) is 5.96. The van der Waals surface area contributed by atoms with Crippen molar-refractivity contribution in [3.63, 3.8) is 0 Å². The third-order valence-corrected chi connectivity index (χ3v) is 2.45. The zero-order valence-corrected chi connectivity index (χ0v) is 8.61. The lowest BCUT2D eigenvalue weighted by atomic mass is 10.0. The molecule has 1 aromatic rings. The first-order valence-electron chi connectivity index (χ1n) is 3.39. The van der Waals surface area contributed by atoms with Gasteiger partial charge in [0.1, 0.15) is 0 Å². The lowest BCUT2D eigenvalue weighted by molar-refractivity contribution is 0.957. The van der Waals surface area contributed by atoms with Gasteiger partial charge >= 0.3 is 0 Å². The predicted octanol–water partition coefficient (Wildman–Crippen LogP) is 4.04. The van der Waals surface area contributed by atoms with Crippen LogP contribution in [-0.4, -0.2) is 0 Å². The molecule has 0 aromatic heterocycles. The molecule has 0 bridgehead atoms. The van der Waals surface area contributed by atoms with Gasteiger partial charge in [0.25, 0.3) is 0 Å². The SMILES string of the molecule is [CH2]C(C)c1cc(Cl)ccc1Br. The molecular weight excluding hydrogens is 223 g/mol. The van der Waals surface area contributed by atoms with Gasteiger partial charge in [-0.3, -0.25) is 0 Å². The smallest absolute Gasteiger partial charge is 0.0409 e. The highest BCUT2D eigenvalue weighted by Crippen LogP contribution is 2.26. The molecule has 0 spiro atoms. The van der Waals surface area contributed by atoms with E-state index in [2.05, 4.69) is 22.9 Å². The monoisotopic (exact) mass is 231 g/mol. The first-order valence-corrected chi connectivity index (χ1v) is 4.56. The van der Waals surface area contributed by atoms with Gasteiger partial charge in [-0.15, -0.1) is 0 Å². The number of rotatable bonds is 1. The average Bonchev–Trinajstić information content (AvgIpc) is 1.94. The fourth-order valence-electron chi connectivity index (χ4n) is 0.892. The number of hydrogen-bond acceptors (Lipinski definition) is 0. The molecule has 2 heteroatoms. The summed E-state index contributed by atoms with van der Waals surface area (Å²) in [6, 6.07) is 5.74. The van der Waals surface area contributed by atoms with Crippen LogP contribution in [0.5, 0.6) is 0 Å². The second-order valence-corrected chi connectivity index (χ2v) is 3.86. The molecule has 0 aliphatic carbocycles. The highest BCUT2D eigenvalue weighted by molar-refractivity contribution is 9.10. The minimum absolute atomic E-state index is 0.267. The van der Waals surface area contributed by atoms with Crippen LogP contribution in [0.1, 0.15) is 18.4 Å². The Morgan fingerprint density at radius 2 is 2.18 bits per heavy atom. The Kier molecular flexibility index (Phi) is 2.97. The van der Waals surface area contributed by atoms with Crippen molar-refractivity contribution < 1.29 is 0 Å². The molecule has 1 radical (unpaired) electrons. The molecule has 1 unspecified atom stereocenters. The maximum absolute atomic E-state index is 5.81. The standard InChI is InChI=1S/C9H9BrCl/c1-6(2)8-5-7(11)3-4-9(8)10/h3-6H,1H2,2H3. The summed E-state index contributed by atoms with van der Waals surface area (Å²) in [5.74, 6) is 0.267. The molecule has 0 N–H and O–H groups in total. The maximum Gasteiger partial charge on any atom is 0.0409 e. The van der Waals surface area contributed by atoms with Crippen molar-refractivity contribution in [1.82, 2.24) is 0 Å². The van der Waals surface area contributed by atoms with E-state index in [1.54, 1.807) is 0 Å². The first-order chi connectivity index (χ1) is 5.11. The van der Waals surface area contributed by atoms with Crippen molar-refractivity contribution in [3.05, 3.63) is 40.2 Å². The van der Waals surface area contributed by atoms with Gasteiger partial charge in [0.05, 0.1) is 0 Å². The van der Waals surface area contributed by atoms with Crippen LogP contribution in [-0.2, 0) is 0 Å².